The van der Waals surface area contributed by atoms with Gasteiger partial charge in [-0.2, -0.15) is 11.8 Å². The van der Waals surface area contributed by atoms with Crippen molar-refractivity contribution in [2.45, 2.75) is 55.1 Å². The number of rotatable bonds is 5. The number of carbonyl (C=O) groups is 1. The van der Waals surface area contributed by atoms with Gasteiger partial charge in [-0.1, -0.05) is 6.92 Å². The molecule has 0 radical (unpaired) electrons. The summed E-state index contributed by atoms with van der Waals surface area (Å²) in [5.41, 5.74) is 0. The van der Waals surface area contributed by atoms with Crippen LogP contribution in [0.2, 0.25) is 0 Å². The monoisotopic (exact) mass is 348 g/mol. The minimum atomic E-state index is -3.42. The highest BCUT2D eigenvalue weighted by atomic mass is 32.2. The summed E-state index contributed by atoms with van der Waals surface area (Å²) in [7, 11) is -1.63. The molecule has 1 amide bonds. The zero-order valence-electron chi connectivity index (χ0n) is 13.8. The molecule has 1 aliphatic heterocycles. The minimum Gasteiger partial charge on any atom is -0.341 e. The van der Waals surface area contributed by atoms with Crippen LogP contribution in [-0.4, -0.2) is 67.4 Å². The van der Waals surface area contributed by atoms with Gasteiger partial charge in [-0.3, -0.25) is 4.79 Å². The summed E-state index contributed by atoms with van der Waals surface area (Å²) in [5.74, 6) is 0.900. The van der Waals surface area contributed by atoms with Gasteiger partial charge in [0.1, 0.15) is 0 Å². The molecule has 0 bridgehead atoms. The number of carbonyl (C=O) groups excluding carboxylic acids is 1. The molecule has 1 N–H and O–H groups in total. The smallest absolute Gasteiger partial charge is 0.244 e. The fourth-order valence-corrected chi connectivity index (χ4v) is 6.26. The SMILES string of the molecule is CCSC1CCC(N(C)C(=O)C2(S(C)(=O)=O)CCNCC2)C1. The number of piperidine rings is 1. The maximum atomic E-state index is 13.0. The second-order valence-electron chi connectivity index (χ2n) is 6.48. The average molecular weight is 349 g/mol. The summed E-state index contributed by atoms with van der Waals surface area (Å²) in [4.78, 5) is 14.8. The number of nitrogens with one attached hydrogen (secondary N) is 1. The topological polar surface area (TPSA) is 66.5 Å². The van der Waals surface area contributed by atoms with Gasteiger partial charge in [0.15, 0.2) is 14.6 Å². The number of hydrogen-bond acceptors (Lipinski definition) is 5. The number of amides is 1. The van der Waals surface area contributed by atoms with E-state index in [1.807, 2.05) is 11.8 Å². The Morgan fingerprint density at radius 2 is 1.95 bits per heavy atom. The molecule has 1 saturated carbocycles. The van der Waals surface area contributed by atoms with E-state index in [0.29, 0.717) is 31.2 Å². The van der Waals surface area contributed by atoms with E-state index in [1.54, 1.807) is 11.9 Å². The molecule has 0 aromatic rings. The Balaban J connectivity index is 2.14. The number of thioether (sulfide) groups is 1. The van der Waals surface area contributed by atoms with Crippen molar-refractivity contribution in [2.24, 2.45) is 0 Å². The number of sulfone groups is 1. The van der Waals surface area contributed by atoms with E-state index in [9.17, 15) is 13.2 Å². The highest BCUT2D eigenvalue weighted by Crippen LogP contribution is 2.36. The molecule has 2 fully saturated rings. The van der Waals surface area contributed by atoms with Crippen LogP contribution in [0.25, 0.3) is 0 Å². The Morgan fingerprint density at radius 1 is 1.32 bits per heavy atom. The fraction of sp³-hybridized carbons (Fsp3) is 0.933. The largest absolute Gasteiger partial charge is 0.341 e. The molecule has 1 saturated heterocycles. The van der Waals surface area contributed by atoms with Crippen molar-refractivity contribution >= 4 is 27.5 Å². The second kappa shape index (κ2) is 7.09. The quantitative estimate of drug-likeness (QED) is 0.811. The minimum absolute atomic E-state index is 0.185. The third kappa shape index (κ3) is 3.46. The Morgan fingerprint density at radius 3 is 2.50 bits per heavy atom. The molecule has 1 aliphatic carbocycles. The van der Waals surface area contributed by atoms with Crippen LogP contribution in [0.5, 0.6) is 0 Å². The van der Waals surface area contributed by atoms with Crippen molar-refractivity contribution < 1.29 is 13.2 Å². The predicted octanol–water partition coefficient (Wildman–Crippen LogP) is 1.29. The Kier molecular flexibility index (Phi) is 5.83. The zero-order valence-corrected chi connectivity index (χ0v) is 15.4. The average Bonchev–Trinajstić information content (AvgIpc) is 2.94. The number of nitrogens with zero attached hydrogens (tertiary/aromatic N) is 1. The van der Waals surface area contributed by atoms with E-state index in [-0.39, 0.29) is 11.9 Å². The first-order valence-corrected chi connectivity index (χ1v) is 11.0. The molecular weight excluding hydrogens is 320 g/mol. The van der Waals surface area contributed by atoms with Crippen LogP contribution in [0, 0.1) is 0 Å². The van der Waals surface area contributed by atoms with Crippen molar-refractivity contribution in [1.29, 1.82) is 0 Å². The molecule has 2 atom stereocenters. The summed E-state index contributed by atoms with van der Waals surface area (Å²) < 4.78 is 23.5. The molecule has 2 unspecified atom stereocenters. The van der Waals surface area contributed by atoms with Crippen LogP contribution in [0.4, 0.5) is 0 Å². The summed E-state index contributed by atoms with van der Waals surface area (Å²) in [6.45, 7) is 3.33. The van der Waals surface area contributed by atoms with Crippen LogP contribution >= 0.6 is 11.8 Å². The van der Waals surface area contributed by atoms with Crippen LogP contribution in [0.15, 0.2) is 0 Å². The summed E-state index contributed by atoms with van der Waals surface area (Å²) in [6.07, 6.45) is 5.07. The lowest BCUT2D eigenvalue weighted by atomic mass is 9.94. The van der Waals surface area contributed by atoms with E-state index in [4.69, 9.17) is 0 Å². The lowest BCUT2D eigenvalue weighted by Gasteiger charge is -2.39. The van der Waals surface area contributed by atoms with Crippen LogP contribution in [0.3, 0.4) is 0 Å². The van der Waals surface area contributed by atoms with Gasteiger partial charge in [0, 0.05) is 24.6 Å². The predicted molar refractivity (Wildman–Crippen MR) is 92.0 cm³/mol. The standard InChI is InChI=1S/C15H28N2O3S2/c1-4-21-13-6-5-12(11-13)17(2)14(18)15(22(3,19)20)7-9-16-10-8-15/h12-13,16H,4-11H2,1-3H3. The fourth-order valence-electron chi connectivity index (χ4n) is 3.72. The molecule has 5 nitrogen and oxygen atoms in total. The molecule has 128 valence electrons. The van der Waals surface area contributed by atoms with Gasteiger partial charge in [0.25, 0.3) is 0 Å². The molecule has 0 aromatic carbocycles. The molecular formula is C15H28N2O3S2. The Bertz CT molecular complexity index is 501. The highest BCUT2D eigenvalue weighted by molar-refractivity contribution is 7.99. The van der Waals surface area contributed by atoms with E-state index in [2.05, 4.69) is 12.2 Å². The Labute approximate surface area is 138 Å². The van der Waals surface area contributed by atoms with E-state index in [0.717, 1.165) is 25.0 Å². The van der Waals surface area contributed by atoms with Gasteiger partial charge in [-0.15, -0.1) is 0 Å². The zero-order chi connectivity index (χ0) is 16.4. The maximum absolute atomic E-state index is 13.0. The molecule has 7 heteroatoms. The van der Waals surface area contributed by atoms with Crippen LogP contribution < -0.4 is 5.32 Å². The molecule has 0 aromatic heterocycles. The van der Waals surface area contributed by atoms with Crippen molar-refractivity contribution in [3.8, 4) is 0 Å². The number of hydrogen-bond donors (Lipinski definition) is 1. The Hall–Kier alpha value is -0.270. The lowest BCUT2D eigenvalue weighted by Crippen LogP contribution is -2.58. The lowest BCUT2D eigenvalue weighted by molar-refractivity contribution is -0.135. The van der Waals surface area contributed by atoms with Crippen molar-refractivity contribution in [1.82, 2.24) is 10.2 Å². The third-order valence-electron chi connectivity index (χ3n) is 5.14. The first-order chi connectivity index (χ1) is 10.3. The van der Waals surface area contributed by atoms with Gasteiger partial charge < -0.3 is 10.2 Å². The molecule has 22 heavy (non-hydrogen) atoms. The summed E-state index contributed by atoms with van der Waals surface area (Å²) >= 11 is 1.95. The van der Waals surface area contributed by atoms with Gasteiger partial charge >= 0.3 is 0 Å². The van der Waals surface area contributed by atoms with E-state index < -0.39 is 14.6 Å². The molecule has 1 heterocycles. The van der Waals surface area contributed by atoms with Crippen molar-refractivity contribution in [3.63, 3.8) is 0 Å². The van der Waals surface area contributed by atoms with E-state index in [1.165, 1.54) is 6.26 Å². The summed E-state index contributed by atoms with van der Waals surface area (Å²) in [6, 6.07) is 0.185. The van der Waals surface area contributed by atoms with Crippen molar-refractivity contribution in [3.05, 3.63) is 0 Å². The maximum Gasteiger partial charge on any atom is 0.244 e. The summed E-state index contributed by atoms with van der Waals surface area (Å²) in [5, 5.41) is 3.76. The van der Waals surface area contributed by atoms with Gasteiger partial charge in [0.2, 0.25) is 5.91 Å². The van der Waals surface area contributed by atoms with Gasteiger partial charge in [-0.25, -0.2) is 8.42 Å². The first kappa shape index (κ1) is 18.1. The molecule has 0 spiro atoms. The van der Waals surface area contributed by atoms with Crippen LogP contribution in [-0.2, 0) is 14.6 Å². The molecule has 2 aliphatic rings. The van der Waals surface area contributed by atoms with Crippen LogP contribution in [0.1, 0.15) is 39.0 Å². The third-order valence-corrected chi connectivity index (χ3v) is 8.37. The molecule has 2 rings (SSSR count). The second-order valence-corrected chi connectivity index (χ2v) is 10.4. The highest BCUT2D eigenvalue weighted by Gasteiger charge is 2.51. The normalized spacial score (nSPS) is 28.5. The van der Waals surface area contributed by atoms with Gasteiger partial charge in [-0.05, 0) is 50.9 Å². The first-order valence-electron chi connectivity index (χ1n) is 8.11. The van der Waals surface area contributed by atoms with Gasteiger partial charge in [0.05, 0.1) is 0 Å². The van der Waals surface area contributed by atoms with E-state index >= 15 is 0 Å². The van der Waals surface area contributed by atoms with Crippen molar-refractivity contribution in [2.75, 3.05) is 32.1 Å².